The van der Waals surface area contributed by atoms with Crippen LogP contribution in [0.2, 0.25) is 5.02 Å². The number of quaternary nitrogens is 1. The van der Waals surface area contributed by atoms with Gasteiger partial charge in [-0.2, -0.15) is 5.10 Å². The lowest BCUT2D eigenvalue weighted by atomic mass is 10.1. The summed E-state index contributed by atoms with van der Waals surface area (Å²) in [6.07, 6.45) is 1.58. The Morgan fingerprint density at radius 1 is 1.24 bits per heavy atom. The maximum Gasteiger partial charge on any atom is 0.257 e. The quantitative estimate of drug-likeness (QED) is 0.706. The minimum absolute atomic E-state index is 0.0591. The number of ether oxygens (including phenoxy) is 1. The van der Waals surface area contributed by atoms with Crippen LogP contribution in [0.4, 0.5) is 0 Å². The number of carbonyl (C=O) groups is 1. The number of aromatic nitrogens is 3. The molecule has 4 rings (SSSR count). The number of likely N-dealkylation sites (N-methyl/N-ethyl adjacent to an activating group) is 1. The molecule has 0 spiro atoms. The van der Waals surface area contributed by atoms with Crippen molar-refractivity contribution < 1.29 is 14.4 Å². The van der Waals surface area contributed by atoms with Crippen LogP contribution in [0.5, 0.6) is 5.75 Å². The Labute approximate surface area is 174 Å². The van der Waals surface area contributed by atoms with E-state index in [0.29, 0.717) is 21.6 Å². The molecule has 0 aliphatic carbocycles. The molecule has 1 fully saturated rings. The monoisotopic (exact) mass is 414 g/mol. The Bertz CT molecular complexity index is 1040. The van der Waals surface area contributed by atoms with Gasteiger partial charge in [-0.25, -0.2) is 9.67 Å². The van der Waals surface area contributed by atoms with E-state index < -0.39 is 0 Å². The summed E-state index contributed by atoms with van der Waals surface area (Å²) in [5.41, 5.74) is 2.67. The number of hydrogen-bond acceptors (Lipinski definition) is 4. The predicted molar refractivity (Wildman–Crippen MR) is 112 cm³/mol. The predicted octanol–water partition coefficient (Wildman–Crippen LogP) is 1.75. The number of rotatable bonds is 4. The second kappa shape index (κ2) is 8.00. The molecule has 3 aromatic rings. The van der Waals surface area contributed by atoms with Crippen molar-refractivity contribution in [2.24, 2.45) is 0 Å². The smallest absolute Gasteiger partial charge is 0.257 e. The van der Waals surface area contributed by atoms with Gasteiger partial charge in [-0.05, 0) is 38.1 Å². The molecule has 1 saturated heterocycles. The number of amides is 1. The second-order valence-corrected chi connectivity index (χ2v) is 7.65. The normalized spacial score (nSPS) is 15.1. The fourth-order valence-corrected chi connectivity index (χ4v) is 4.16. The highest BCUT2D eigenvalue weighted by atomic mass is 35.5. The van der Waals surface area contributed by atoms with E-state index in [0.717, 1.165) is 49.9 Å². The maximum atomic E-state index is 13.1. The summed E-state index contributed by atoms with van der Waals surface area (Å²) in [4.78, 5) is 21.0. The molecule has 0 atom stereocenters. The van der Waals surface area contributed by atoms with Crippen molar-refractivity contribution >= 4 is 28.5 Å². The van der Waals surface area contributed by atoms with Gasteiger partial charge >= 0.3 is 0 Å². The zero-order valence-electron chi connectivity index (χ0n) is 16.9. The molecule has 1 aliphatic heterocycles. The van der Waals surface area contributed by atoms with Crippen LogP contribution < -0.4 is 9.64 Å². The van der Waals surface area contributed by atoms with Gasteiger partial charge in [0.2, 0.25) is 0 Å². The minimum atomic E-state index is -0.0591. The van der Waals surface area contributed by atoms with E-state index in [4.69, 9.17) is 16.3 Å². The molecule has 1 aromatic carbocycles. The van der Waals surface area contributed by atoms with E-state index in [2.05, 4.69) is 17.0 Å². The number of pyridine rings is 1. The Morgan fingerprint density at radius 3 is 2.55 bits per heavy atom. The number of methoxy groups -OCH3 is 1. The molecule has 0 radical (unpaired) electrons. The van der Waals surface area contributed by atoms with Gasteiger partial charge in [-0.15, -0.1) is 0 Å². The molecule has 1 amide bonds. The highest BCUT2D eigenvalue weighted by Crippen LogP contribution is 2.31. The van der Waals surface area contributed by atoms with Gasteiger partial charge in [-0.3, -0.25) is 4.79 Å². The summed E-state index contributed by atoms with van der Waals surface area (Å²) in [6.45, 7) is 8.53. The first kappa shape index (κ1) is 19.7. The number of fused-ring (bicyclic) bond motifs is 1. The second-order valence-electron chi connectivity index (χ2n) is 7.28. The number of benzene rings is 1. The van der Waals surface area contributed by atoms with Crippen molar-refractivity contribution in [2.75, 3.05) is 39.8 Å². The van der Waals surface area contributed by atoms with E-state index in [1.54, 1.807) is 18.0 Å². The largest absolute Gasteiger partial charge is 0.497 e. The summed E-state index contributed by atoms with van der Waals surface area (Å²) in [5, 5.41) is 5.74. The van der Waals surface area contributed by atoms with Gasteiger partial charge in [0, 0.05) is 6.20 Å². The molecule has 8 heteroatoms. The molecule has 29 heavy (non-hydrogen) atoms. The summed E-state index contributed by atoms with van der Waals surface area (Å²) in [6, 6.07) is 7.56. The lowest BCUT2D eigenvalue weighted by Gasteiger charge is -2.31. The van der Waals surface area contributed by atoms with E-state index in [1.165, 1.54) is 4.90 Å². The van der Waals surface area contributed by atoms with Crippen molar-refractivity contribution in [3.63, 3.8) is 0 Å². The topological polar surface area (TPSA) is 64.7 Å². The van der Waals surface area contributed by atoms with Gasteiger partial charge in [-0.1, -0.05) is 11.6 Å². The number of halogens is 1. The number of hydrogen-bond donors (Lipinski definition) is 1. The number of nitrogens with one attached hydrogen (secondary N) is 1. The summed E-state index contributed by atoms with van der Waals surface area (Å²) in [7, 11) is 1.63. The maximum absolute atomic E-state index is 13.1. The summed E-state index contributed by atoms with van der Waals surface area (Å²) < 4.78 is 6.96. The minimum Gasteiger partial charge on any atom is -0.497 e. The number of aryl methyl sites for hydroxylation is 1. The molecular weight excluding hydrogens is 390 g/mol. The van der Waals surface area contributed by atoms with Crippen LogP contribution in [0.3, 0.4) is 0 Å². The lowest BCUT2D eigenvalue weighted by Crippen LogP contribution is -3.14. The van der Waals surface area contributed by atoms with Crippen molar-refractivity contribution in [2.45, 2.75) is 13.8 Å². The van der Waals surface area contributed by atoms with Gasteiger partial charge in [0.1, 0.15) is 5.75 Å². The number of nitrogens with zero attached hydrogens (tertiary/aromatic N) is 4. The van der Waals surface area contributed by atoms with Gasteiger partial charge < -0.3 is 14.5 Å². The molecule has 152 valence electrons. The standard InChI is InChI=1S/C21H24ClN5O2/c1-4-25-9-11-26(12-10-25)21(28)17-13-23-20-18(19(17)22)14(2)24-27(20)15-5-7-16(29-3)8-6-15/h5-8,13H,4,9-12H2,1-3H3/p+1. The SMILES string of the molecule is CC[NH+]1CCN(C(=O)c2cnc3c(c(C)nn3-c3ccc(OC)cc3)c2Cl)CC1. The van der Waals surface area contributed by atoms with Crippen LogP contribution in [0.15, 0.2) is 30.5 Å². The van der Waals surface area contributed by atoms with Crippen molar-refractivity contribution in [3.8, 4) is 11.4 Å². The number of piperazine rings is 1. The summed E-state index contributed by atoms with van der Waals surface area (Å²) in [5.74, 6) is 0.710. The fraction of sp³-hybridized carbons (Fsp3) is 0.381. The van der Waals surface area contributed by atoms with Crippen LogP contribution in [0, 0.1) is 6.92 Å². The molecular formula is C21H25ClN5O2+. The van der Waals surface area contributed by atoms with Crippen molar-refractivity contribution in [1.82, 2.24) is 19.7 Å². The Morgan fingerprint density at radius 2 is 1.93 bits per heavy atom. The van der Waals surface area contributed by atoms with E-state index in [-0.39, 0.29) is 5.91 Å². The Balaban J connectivity index is 1.69. The van der Waals surface area contributed by atoms with Gasteiger partial charge in [0.25, 0.3) is 5.91 Å². The molecule has 0 unspecified atom stereocenters. The molecule has 3 heterocycles. The fourth-order valence-electron chi connectivity index (χ4n) is 3.81. The van der Waals surface area contributed by atoms with Crippen LogP contribution >= 0.6 is 11.6 Å². The molecule has 1 aliphatic rings. The van der Waals surface area contributed by atoms with Gasteiger partial charge in [0.15, 0.2) is 5.65 Å². The zero-order valence-corrected chi connectivity index (χ0v) is 17.7. The average molecular weight is 415 g/mol. The zero-order chi connectivity index (χ0) is 20.5. The van der Waals surface area contributed by atoms with Crippen LogP contribution in [-0.4, -0.2) is 65.4 Å². The molecule has 0 bridgehead atoms. The number of carbonyl (C=O) groups excluding carboxylic acids is 1. The highest BCUT2D eigenvalue weighted by molar-refractivity contribution is 6.38. The Hall–Kier alpha value is -2.64. The van der Waals surface area contributed by atoms with Crippen LogP contribution in [0.1, 0.15) is 23.0 Å². The first-order valence-electron chi connectivity index (χ1n) is 9.84. The van der Waals surface area contributed by atoms with E-state index in [1.807, 2.05) is 36.1 Å². The molecule has 0 saturated carbocycles. The van der Waals surface area contributed by atoms with E-state index >= 15 is 0 Å². The first-order chi connectivity index (χ1) is 14.0. The molecule has 7 nitrogen and oxygen atoms in total. The molecule has 1 N–H and O–H groups in total. The summed E-state index contributed by atoms with van der Waals surface area (Å²) >= 11 is 6.70. The third-order valence-corrected chi connectivity index (χ3v) is 6.01. The van der Waals surface area contributed by atoms with Crippen LogP contribution in [0.25, 0.3) is 16.7 Å². The molecule has 2 aromatic heterocycles. The first-order valence-corrected chi connectivity index (χ1v) is 10.2. The third kappa shape index (κ3) is 3.56. The van der Waals surface area contributed by atoms with Gasteiger partial charge in [0.05, 0.1) is 67.2 Å². The van der Waals surface area contributed by atoms with E-state index in [9.17, 15) is 4.79 Å². The highest BCUT2D eigenvalue weighted by Gasteiger charge is 2.27. The average Bonchev–Trinajstić information content (AvgIpc) is 3.11. The lowest BCUT2D eigenvalue weighted by molar-refractivity contribution is -0.902. The van der Waals surface area contributed by atoms with Crippen molar-refractivity contribution in [1.29, 1.82) is 0 Å². The Kier molecular flexibility index (Phi) is 5.43. The third-order valence-electron chi connectivity index (χ3n) is 5.61. The van der Waals surface area contributed by atoms with Crippen molar-refractivity contribution in [3.05, 3.63) is 46.7 Å². The van der Waals surface area contributed by atoms with Crippen LogP contribution in [-0.2, 0) is 0 Å².